The van der Waals surface area contributed by atoms with Crippen LogP contribution in [0.25, 0.3) is 0 Å². The van der Waals surface area contributed by atoms with Crippen molar-refractivity contribution in [1.82, 2.24) is 20.2 Å². The molecule has 1 amide bonds. The summed E-state index contributed by atoms with van der Waals surface area (Å²) in [6, 6.07) is -0.511. The van der Waals surface area contributed by atoms with Gasteiger partial charge in [0.2, 0.25) is 0 Å². The molecule has 0 saturated carbocycles. The molecule has 2 aliphatic heterocycles. The van der Waals surface area contributed by atoms with E-state index in [9.17, 15) is 14.3 Å². The first-order valence-electron chi connectivity index (χ1n) is 8.25. The molecule has 1 aromatic rings. The summed E-state index contributed by atoms with van der Waals surface area (Å²) in [5.74, 6) is 0.960. The Labute approximate surface area is 135 Å². The Balaban J connectivity index is 1.85. The van der Waals surface area contributed by atoms with Crippen molar-refractivity contribution in [2.45, 2.75) is 38.6 Å². The zero-order valence-corrected chi connectivity index (χ0v) is 13.3. The van der Waals surface area contributed by atoms with Gasteiger partial charge in [0.25, 0.3) is 0 Å². The van der Waals surface area contributed by atoms with E-state index in [0.717, 1.165) is 38.5 Å². The minimum Gasteiger partial charge on any atom is -0.465 e. The molecule has 126 valence electrons. The number of hydrogen-bond donors (Lipinski definition) is 2. The van der Waals surface area contributed by atoms with Gasteiger partial charge in [0.15, 0.2) is 5.82 Å². The molecule has 6 nitrogen and oxygen atoms in total. The van der Waals surface area contributed by atoms with E-state index in [1.54, 1.807) is 6.92 Å². The van der Waals surface area contributed by atoms with Crippen LogP contribution in [-0.2, 0) is 0 Å². The maximum Gasteiger partial charge on any atom is 0.407 e. The molecule has 3 heterocycles. The lowest BCUT2D eigenvalue weighted by molar-refractivity contribution is 0.0656. The van der Waals surface area contributed by atoms with E-state index in [-0.39, 0.29) is 5.69 Å². The second kappa shape index (κ2) is 6.78. The number of rotatable bonds is 2. The van der Waals surface area contributed by atoms with Crippen LogP contribution in [0.4, 0.5) is 9.18 Å². The summed E-state index contributed by atoms with van der Waals surface area (Å²) in [7, 11) is 0. The molecule has 0 aliphatic carbocycles. The third kappa shape index (κ3) is 3.44. The van der Waals surface area contributed by atoms with Crippen molar-refractivity contribution in [3.8, 4) is 0 Å². The molecule has 1 aromatic heterocycles. The predicted octanol–water partition coefficient (Wildman–Crippen LogP) is 2.35. The van der Waals surface area contributed by atoms with Crippen LogP contribution in [0.15, 0.2) is 6.20 Å². The van der Waals surface area contributed by atoms with E-state index in [0.29, 0.717) is 30.6 Å². The fourth-order valence-corrected chi connectivity index (χ4v) is 3.93. The first-order chi connectivity index (χ1) is 11.1. The Morgan fingerprint density at radius 3 is 2.78 bits per heavy atom. The van der Waals surface area contributed by atoms with Gasteiger partial charge in [-0.1, -0.05) is 0 Å². The molecule has 0 spiro atoms. The van der Waals surface area contributed by atoms with Gasteiger partial charge in [-0.15, -0.1) is 0 Å². The zero-order chi connectivity index (χ0) is 16.4. The molecule has 2 atom stereocenters. The smallest absolute Gasteiger partial charge is 0.407 e. The second-order valence-electron chi connectivity index (χ2n) is 6.51. The van der Waals surface area contributed by atoms with Crippen molar-refractivity contribution >= 4 is 6.09 Å². The van der Waals surface area contributed by atoms with Crippen molar-refractivity contribution in [3.05, 3.63) is 23.5 Å². The molecule has 3 rings (SSSR count). The minimum atomic E-state index is -1.01. The van der Waals surface area contributed by atoms with Gasteiger partial charge in [-0.05, 0) is 57.5 Å². The molecule has 1 unspecified atom stereocenters. The fourth-order valence-electron chi connectivity index (χ4n) is 3.93. The van der Waals surface area contributed by atoms with Gasteiger partial charge < -0.3 is 10.4 Å². The Hall–Kier alpha value is -1.76. The number of likely N-dealkylation sites (tertiary alicyclic amines) is 1. The highest BCUT2D eigenvalue weighted by molar-refractivity contribution is 5.65. The number of aromatic nitrogens is 2. The maximum atomic E-state index is 14.2. The van der Waals surface area contributed by atoms with Crippen molar-refractivity contribution in [3.63, 3.8) is 0 Å². The molecular weight excluding hydrogens is 299 g/mol. The number of halogens is 1. The topological polar surface area (TPSA) is 78.4 Å². The van der Waals surface area contributed by atoms with Crippen LogP contribution in [0.2, 0.25) is 0 Å². The van der Waals surface area contributed by atoms with Gasteiger partial charge in [0, 0.05) is 6.54 Å². The number of nitrogens with zero attached hydrogens (tertiary/aromatic N) is 3. The summed E-state index contributed by atoms with van der Waals surface area (Å²) in [5, 5.41) is 12.8. The number of carboxylic acid groups (broad SMARTS) is 1. The standard InChI is InChI=1S/C16H23FN4O2/c1-10-19-9-13(17)15(20-10)14-8-12(4-7-21(14)16(22)23)11-2-5-18-6-3-11/h9,11-12,14,18H,2-8H2,1H3,(H,22,23)/t12?,14-/m1/s1. The second-order valence-corrected chi connectivity index (χ2v) is 6.51. The average Bonchev–Trinajstić information content (AvgIpc) is 2.57. The Kier molecular flexibility index (Phi) is 4.75. The van der Waals surface area contributed by atoms with Crippen LogP contribution in [0.1, 0.15) is 43.2 Å². The Bertz CT molecular complexity index is 577. The first-order valence-corrected chi connectivity index (χ1v) is 8.25. The lowest BCUT2D eigenvalue weighted by atomic mass is 9.76. The monoisotopic (exact) mass is 322 g/mol. The summed E-state index contributed by atoms with van der Waals surface area (Å²) < 4.78 is 14.2. The van der Waals surface area contributed by atoms with Gasteiger partial charge in [0.1, 0.15) is 11.5 Å². The number of hydrogen-bond acceptors (Lipinski definition) is 4. The molecule has 0 aromatic carbocycles. The van der Waals surface area contributed by atoms with Crippen molar-refractivity contribution < 1.29 is 14.3 Å². The maximum absolute atomic E-state index is 14.2. The van der Waals surface area contributed by atoms with E-state index >= 15 is 0 Å². The van der Waals surface area contributed by atoms with Crippen LogP contribution >= 0.6 is 0 Å². The number of piperidine rings is 2. The number of amides is 1. The van der Waals surface area contributed by atoms with Crippen molar-refractivity contribution in [2.75, 3.05) is 19.6 Å². The lowest BCUT2D eigenvalue weighted by Crippen LogP contribution is -2.44. The highest BCUT2D eigenvalue weighted by Gasteiger charge is 2.38. The number of carbonyl (C=O) groups is 1. The molecule has 2 N–H and O–H groups in total. The van der Waals surface area contributed by atoms with E-state index in [2.05, 4.69) is 15.3 Å². The molecule has 0 bridgehead atoms. The predicted molar refractivity (Wildman–Crippen MR) is 82.5 cm³/mol. The quantitative estimate of drug-likeness (QED) is 0.874. The Morgan fingerprint density at radius 1 is 1.35 bits per heavy atom. The van der Waals surface area contributed by atoms with Gasteiger partial charge in [-0.25, -0.2) is 19.2 Å². The lowest BCUT2D eigenvalue weighted by Gasteiger charge is -2.41. The van der Waals surface area contributed by atoms with Crippen LogP contribution in [0.5, 0.6) is 0 Å². The summed E-state index contributed by atoms with van der Waals surface area (Å²) in [6.45, 7) is 4.16. The molecule has 2 saturated heterocycles. The van der Waals surface area contributed by atoms with Crippen LogP contribution in [-0.4, -0.2) is 45.7 Å². The molecular formula is C16H23FN4O2. The van der Waals surface area contributed by atoms with E-state index in [4.69, 9.17) is 0 Å². The van der Waals surface area contributed by atoms with Gasteiger partial charge in [-0.2, -0.15) is 0 Å². The van der Waals surface area contributed by atoms with Gasteiger partial charge in [-0.3, -0.25) is 4.90 Å². The third-order valence-corrected chi connectivity index (χ3v) is 5.15. The summed E-state index contributed by atoms with van der Waals surface area (Å²) >= 11 is 0. The van der Waals surface area contributed by atoms with E-state index in [1.165, 1.54) is 4.90 Å². The molecule has 2 aliphatic rings. The number of nitrogens with one attached hydrogen (secondary N) is 1. The van der Waals surface area contributed by atoms with Crippen molar-refractivity contribution in [1.29, 1.82) is 0 Å². The number of aryl methyl sites for hydroxylation is 1. The van der Waals surface area contributed by atoms with Crippen LogP contribution < -0.4 is 5.32 Å². The van der Waals surface area contributed by atoms with Crippen LogP contribution in [0, 0.1) is 24.6 Å². The largest absolute Gasteiger partial charge is 0.465 e. The highest BCUT2D eigenvalue weighted by atomic mass is 19.1. The van der Waals surface area contributed by atoms with E-state index < -0.39 is 18.0 Å². The molecule has 2 fully saturated rings. The normalized spacial score (nSPS) is 26.3. The van der Waals surface area contributed by atoms with Crippen molar-refractivity contribution in [2.24, 2.45) is 11.8 Å². The SMILES string of the molecule is Cc1ncc(F)c([C@H]2CC(C3CCNCC3)CCN2C(=O)O)n1. The fraction of sp³-hybridized carbons (Fsp3) is 0.688. The van der Waals surface area contributed by atoms with Gasteiger partial charge >= 0.3 is 6.09 Å². The average molecular weight is 322 g/mol. The molecule has 7 heteroatoms. The molecule has 23 heavy (non-hydrogen) atoms. The highest BCUT2D eigenvalue weighted by Crippen LogP contribution is 2.40. The van der Waals surface area contributed by atoms with Gasteiger partial charge in [0.05, 0.1) is 12.2 Å². The summed E-state index contributed by atoms with van der Waals surface area (Å²) in [4.78, 5) is 21.0. The third-order valence-electron chi connectivity index (χ3n) is 5.15. The van der Waals surface area contributed by atoms with E-state index in [1.807, 2.05) is 0 Å². The molecule has 0 radical (unpaired) electrons. The van der Waals surface area contributed by atoms with Crippen LogP contribution in [0.3, 0.4) is 0 Å². The summed E-state index contributed by atoms with van der Waals surface area (Å²) in [6.07, 6.45) is 3.84. The zero-order valence-electron chi connectivity index (χ0n) is 13.3. The summed E-state index contributed by atoms with van der Waals surface area (Å²) in [5.41, 5.74) is 0.221. The first kappa shape index (κ1) is 16.1. The minimum absolute atomic E-state index is 0.221. The Morgan fingerprint density at radius 2 is 2.09 bits per heavy atom.